The zero-order valence-corrected chi connectivity index (χ0v) is 13.2. The summed E-state index contributed by atoms with van der Waals surface area (Å²) in [6.07, 6.45) is 0.547. The Balaban J connectivity index is 2.31. The minimum absolute atomic E-state index is 0.0803. The summed E-state index contributed by atoms with van der Waals surface area (Å²) < 4.78 is 4.56. The van der Waals surface area contributed by atoms with Crippen molar-refractivity contribution < 1.29 is 14.3 Å². The Morgan fingerprint density at radius 1 is 1.19 bits per heavy atom. The summed E-state index contributed by atoms with van der Waals surface area (Å²) in [5.74, 6) is -0.403. The fraction of sp³-hybridized carbons (Fsp3) is 0.500. The molecule has 5 heteroatoms. The van der Waals surface area contributed by atoms with Crippen molar-refractivity contribution in [2.24, 2.45) is 0 Å². The Hall–Kier alpha value is -2.04. The summed E-state index contributed by atoms with van der Waals surface area (Å²) in [5, 5.41) is 6.00. The number of benzene rings is 1. The number of carbonyl (C=O) groups excluding carboxylic acids is 2. The van der Waals surface area contributed by atoms with Crippen molar-refractivity contribution in [1.82, 2.24) is 5.32 Å². The SMILES string of the molecule is COC(=O)C[C@H](C)NC(=O)CCNc1cc(C)cc(C)c1. The van der Waals surface area contributed by atoms with Gasteiger partial charge in [0, 0.05) is 24.7 Å². The van der Waals surface area contributed by atoms with E-state index < -0.39 is 0 Å². The number of rotatable bonds is 7. The number of amides is 1. The second kappa shape index (κ2) is 8.29. The van der Waals surface area contributed by atoms with Gasteiger partial charge in [-0.05, 0) is 44.0 Å². The van der Waals surface area contributed by atoms with Crippen molar-refractivity contribution >= 4 is 17.6 Å². The third kappa shape index (κ3) is 6.79. The Kier molecular flexibility index (Phi) is 6.72. The average molecular weight is 292 g/mol. The Bertz CT molecular complexity index is 480. The highest BCUT2D eigenvalue weighted by Crippen LogP contribution is 2.13. The minimum atomic E-state index is -0.323. The molecule has 5 nitrogen and oxygen atoms in total. The number of anilines is 1. The van der Waals surface area contributed by atoms with Gasteiger partial charge in [-0.3, -0.25) is 9.59 Å². The molecule has 0 unspecified atom stereocenters. The van der Waals surface area contributed by atoms with Crippen LogP contribution >= 0.6 is 0 Å². The molecule has 0 saturated carbocycles. The van der Waals surface area contributed by atoms with E-state index in [0.29, 0.717) is 13.0 Å². The van der Waals surface area contributed by atoms with Crippen LogP contribution in [0.2, 0.25) is 0 Å². The zero-order valence-electron chi connectivity index (χ0n) is 13.2. The van der Waals surface area contributed by atoms with Gasteiger partial charge in [0.25, 0.3) is 0 Å². The third-order valence-electron chi connectivity index (χ3n) is 3.01. The molecule has 1 aromatic carbocycles. The number of ether oxygens (including phenoxy) is 1. The molecule has 1 rings (SSSR count). The van der Waals surface area contributed by atoms with Gasteiger partial charge < -0.3 is 15.4 Å². The molecule has 0 aromatic heterocycles. The standard InChI is InChI=1S/C16H24N2O3/c1-11-7-12(2)9-14(8-11)17-6-5-15(19)18-13(3)10-16(20)21-4/h7-9,13,17H,5-6,10H2,1-4H3,(H,18,19)/t13-/m0/s1. The van der Waals surface area contributed by atoms with Crippen LogP contribution in [0.3, 0.4) is 0 Å². The number of aryl methyl sites for hydroxylation is 2. The molecule has 0 aliphatic rings. The van der Waals surface area contributed by atoms with E-state index >= 15 is 0 Å². The van der Waals surface area contributed by atoms with Crippen molar-refractivity contribution in [3.8, 4) is 0 Å². The van der Waals surface area contributed by atoms with Gasteiger partial charge in [-0.25, -0.2) is 0 Å². The van der Waals surface area contributed by atoms with E-state index in [1.807, 2.05) is 26.0 Å². The summed E-state index contributed by atoms with van der Waals surface area (Å²) >= 11 is 0. The summed E-state index contributed by atoms with van der Waals surface area (Å²) in [5.41, 5.74) is 3.39. The number of nitrogens with one attached hydrogen (secondary N) is 2. The second-order valence-corrected chi connectivity index (χ2v) is 5.30. The quantitative estimate of drug-likeness (QED) is 0.756. The molecule has 0 fully saturated rings. The highest BCUT2D eigenvalue weighted by Gasteiger charge is 2.11. The Morgan fingerprint density at radius 3 is 2.38 bits per heavy atom. The van der Waals surface area contributed by atoms with Crippen molar-refractivity contribution in [3.05, 3.63) is 29.3 Å². The first-order valence-corrected chi connectivity index (χ1v) is 7.09. The lowest BCUT2D eigenvalue weighted by Gasteiger charge is -2.13. The third-order valence-corrected chi connectivity index (χ3v) is 3.01. The molecule has 116 valence electrons. The summed E-state index contributed by atoms with van der Waals surface area (Å²) in [6.45, 7) is 6.42. The molecule has 2 N–H and O–H groups in total. The van der Waals surface area contributed by atoms with Gasteiger partial charge in [-0.15, -0.1) is 0 Å². The molecular weight excluding hydrogens is 268 g/mol. The van der Waals surface area contributed by atoms with Crippen molar-refractivity contribution in [2.75, 3.05) is 19.0 Å². The molecule has 1 atom stereocenters. The van der Waals surface area contributed by atoms with E-state index in [9.17, 15) is 9.59 Å². The smallest absolute Gasteiger partial charge is 0.307 e. The van der Waals surface area contributed by atoms with E-state index in [0.717, 1.165) is 5.69 Å². The van der Waals surface area contributed by atoms with E-state index in [1.165, 1.54) is 18.2 Å². The Morgan fingerprint density at radius 2 is 1.81 bits per heavy atom. The highest BCUT2D eigenvalue weighted by atomic mass is 16.5. The van der Waals surface area contributed by atoms with Crippen molar-refractivity contribution in [2.45, 2.75) is 39.7 Å². The van der Waals surface area contributed by atoms with Gasteiger partial charge in [-0.2, -0.15) is 0 Å². The van der Waals surface area contributed by atoms with Gasteiger partial charge in [0.1, 0.15) is 0 Å². The number of esters is 1. The maximum Gasteiger partial charge on any atom is 0.307 e. The predicted octanol–water partition coefficient (Wildman–Crippen LogP) is 2.17. The molecule has 1 amide bonds. The van der Waals surface area contributed by atoms with Crippen LogP contribution in [0.1, 0.15) is 30.9 Å². The monoisotopic (exact) mass is 292 g/mol. The molecular formula is C16H24N2O3. The van der Waals surface area contributed by atoms with Crippen LogP contribution in [0, 0.1) is 13.8 Å². The average Bonchev–Trinajstić information content (AvgIpc) is 2.37. The molecule has 1 aromatic rings. The fourth-order valence-corrected chi connectivity index (χ4v) is 2.13. The van der Waals surface area contributed by atoms with Crippen LogP contribution in [0.15, 0.2) is 18.2 Å². The topological polar surface area (TPSA) is 67.4 Å². The van der Waals surface area contributed by atoms with Crippen LogP contribution in [0.4, 0.5) is 5.69 Å². The normalized spacial score (nSPS) is 11.6. The lowest BCUT2D eigenvalue weighted by atomic mass is 10.1. The molecule has 0 saturated heterocycles. The van der Waals surface area contributed by atoms with Crippen LogP contribution in [-0.2, 0) is 14.3 Å². The van der Waals surface area contributed by atoms with Crippen LogP contribution in [0.25, 0.3) is 0 Å². The number of hydrogen-bond acceptors (Lipinski definition) is 4. The van der Waals surface area contributed by atoms with E-state index in [2.05, 4.69) is 21.4 Å². The van der Waals surface area contributed by atoms with Crippen molar-refractivity contribution in [3.63, 3.8) is 0 Å². The number of carbonyl (C=O) groups is 2. The maximum atomic E-state index is 11.7. The molecule has 0 heterocycles. The van der Waals surface area contributed by atoms with Gasteiger partial charge in [0.05, 0.1) is 13.5 Å². The second-order valence-electron chi connectivity index (χ2n) is 5.30. The Labute approximate surface area is 126 Å². The van der Waals surface area contributed by atoms with Gasteiger partial charge in [0.15, 0.2) is 0 Å². The zero-order chi connectivity index (χ0) is 15.8. The first-order chi connectivity index (χ1) is 9.90. The predicted molar refractivity (Wildman–Crippen MR) is 83.3 cm³/mol. The summed E-state index contributed by atoms with van der Waals surface area (Å²) in [6, 6.07) is 5.98. The first-order valence-electron chi connectivity index (χ1n) is 7.09. The highest BCUT2D eigenvalue weighted by molar-refractivity contribution is 5.78. The molecule has 0 bridgehead atoms. The minimum Gasteiger partial charge on any atom is -0.469 e. The largest absolute Gasteiger partial charge is 0.469 e. The maximum absolute atomic E-state index is 11.7. The van der Waals surface area contributed by atoms with Gasteiger partial charge in [0.2, 0.25) is 5.91 Å². The summed E-state index contributed by atoms with van der Waals surface area (Å²) in [7, 11) is 1.34. The lowest BCUT2D eigenvalue weighted by molar-refractivity contribution is -0.141. The van der Waals surface area contributed by atoms with Crippen LogP contribution in [0.5, 0.6) is 0 Å². The molecule has 21 heavy (non-hydrogen) atoms. The number of methoxy groups -OCH3 is 1. The first kappa shape index (κ1) is 17.0. The molecule has 0 radical (unpaired) electrons. The fourth-order valence-electron chi connectivity index (χ4n) is 2.13. The molecule has 0 spiro atoms. The van der Waals surface area contributed by atoms with Gasteiger partial charge >= 0.3 is 5.97 Å². The van der Waals surface area contributed by atoms with E-state index in [4.69, 9.17) is 0 Å². The van der Waals surface area contributed by atoms with Gasteiger partial charge in [-0.1, -0.05) is 6.07 Å². The van der Waals surface area contributed by atoms with Crippen LogP contribution in [-0.4, -0.2) is 31.6 Å². The number of hydrogen-bond donors (Lipinski definition) is 2. The van der Waals surface area contributed by atoms with E-state index in [-0.39, 0.29) is 24.3 Å². The van der Waals surface area contributed by atoms with E-state index in [1.54, 1.807) is 6.92 Å². The molecule has 0 aliphatic heterocycles. The van der Waals surface area contributed by atoms with Crippen LogP contribution < -0.4 is 10.6 Å². The van der Waals surface area contributed by atoms with Crippen molar-refractivity contribution in [1.29, 1.82) is 0 Å². The lowest BCUT2D eigenvalue weighted by Crippen LogP contribution is -2.35. The summed E-state index contributed by atoms with van der Waals surface area (Å²) in [4.78, 5) is 22.8. The molecule has 0 aliphatic carbocycles.